The lowest BCUT2D eigenvalue weighted by molar-refractivity contribution is -0.140. The summed E-state index contributed by atoms with van der Waals surface area (Å²) in [6.07, 6.45) is -3.48. The molecule has 0 radical (unpaired) electrons. The molecule has 3 N–H and O–H groups in total. The Morgan fingerprint density at radius 3 is 2.59 bits per heavy atom. The number of nitrogens with one attached hydrogen (secondary N) is 1. The van der Waals surface area contributed by atoms with E-state index in [4.69, 9.17) is 19.3 Å². The topological polar surface area (TPSA) is 121 Å². The van der Waals surface area contributed by atoms with Crippen LogP contribution in [0.3, 0.4) is 0 Å². The highest BCUT2D eigenvalue weighted by Crippen LogP contribution is 2.44. The Balaban J connectivity index is 1.32. The maximum atomic E-state index is 13.6. The van der Waals surface area contributed by atoms with Crippen molar-refractivity contribution in [2.24, 2.45) is 5.73 Å². The van der Waals surface area contributed by atoms with Crippen LogP contribution < -0.4 is 15.8 Å². The second-order valence-electron chi connectivity index (χ2n) is 8.87. The minimum Gasteiger partial charge on any atom is -0.485 e. The van der Waals surface area contributed by atoms with E-state index < -0.39 is 23.7 Å². The predicted octanol–water partition coefficient (Wildman–Crippen LogP) is 7.25. The number of halogens is 3. The van der Waals surface area contributed by atoms with Gasteiger partial charge < -0.3 is 24.6 Å². The average molecular weight is 578 g/mol. The number of aromatic nitrogens is 1. The van der Waals surface area contributed by atoms with Crippen molar-refractivity contribution >= 4 is 49.8 Å². The first kappa shape index (κ1) is 26.1. The summed E-state index contributed by atoms with van der Waals surface area (Å²) in [6, 6.07) is 20.1. The number of benzene rings is 2. The molecule has 12 heteroatoms. The molecule has 6 rings (SSSR count). The first-order chi connectivity index (χ1) is 19.7. The lowest BCUT2D eigenvalue weighted by atomic mass is 10.1. The van der Waals surface area contributed by atoms with Gasteiger partial charge in [-0.25, -0.2) is 4.98 Å². The van der Waals surface area contributed by atoms with Crippen molar-refractivity contribution in [3.63, 3.8) is 0 Å². The molecule has 6 aromatic rings. The highest BCUT2D eigenvalue weighted by atomic mass is 32.1. The van der Waals surface area contributed by atoms with Crippen molar-refractivity contribution in [3.05, 3.63) is 101 Å². The molecule has 0 aliphatic rings. The summed E-state index contributed by atoms with van der Waals surface area (Å²) in [5.74, 6) is -0.757. The average Bonchev–Trinajstić information content (AvgIpc) is 3.71. The molecule has 8 nitrogen and oxygen atoms in total. The van der Waals surface area contributed by atoms with Crippen LogP contribution in [0.5, 0.6) is 5.75 Å². The zero-order valence-corrected chi connectivity index (χ0v) is 21.6. The molecule has 41 heavy (non-hydrogen) atoms. The van der Waals surface area contributed by atoms with Crippen LogP contribution in [-0.4, -0.2) is 16.8 Å². The molecule has 0 unspecified atom stereocenters. The van der Waals surface area contributed by atoms with Crippen LogP contribution in [0.15, 0.2) is 87.9 Å². The predicted molar refractivity (Wildman–Crippen MR) is 146 cm³/mol. The number of furan rings is 2. The van der Waals surface area contributed by atoms with Crippen LogP contribution >= 0.6 is 11.3 Å². The van der Waals surface area contributed by atoms with Gasteiger partial charge in [-0.1, -0.05) is 36.4 Å². The number of primary amides is 1. The molecule has 0 saturated carbocycles. The van der Waals surface area contributed by atoms with Gasteiger partial charge in [0.25, 0.3) is 11.8 Å². The van der Waals surface area contributed by atoms with Crippen LogP contribution in [0.1, 0.15) is 31.7 Å². The van der Waals surface area contributed by atoms with Crippen molar-refractivity contribution < 1.29 is 36.3 Å². The van der Waals surface area contributed by atoms with Crippen molar-refractivity contribution in [3.8, 4) is 17.1 Å². The van der Waals surface area contributed by atoms with Gasteiger partial charge >= 0.3 is 6.18 Å². The van der Waals surface area contributed by atoms with Crippen LogP contribution in [0.25, 0.3) is 32.3 Å². The number of ether oxygens (including phenoxy) is 1. The number of alkyl halides is 3. The van der Waals surface area contributed by atoms with E-state index in [1.54, 1.807) is 6.07 Å². The van der Waals surface area contributed by atoms with E-state index in [1.165, 1.54) is 24.5 Å². The maximum absolute atomic E-state index is 13.6. The van der Waals surface area contributed by atoms with Gasteiger partial charge in [-0.05, 0) is 41.8 Å². The molecule has 0 fully saturated rings. The lowest BCUT2D eigenvalue weighted by Gasteiger charge is -2.10. The molecular weight excluding hydrogens is 559 g/mol. The first-order valence-corrected chi connectivity index (χ1v) is 12.9. The van der Waals surface area contributed by atoms with E-state index in [2.05, 4.69) is 10.3 Å². The number of carbonyl (C=O) groups is 2. The van der Waals surface area contributed by atoms with E-state index in [-0.39, 0.29) is 44.5 Å². The largest absolute Gasteiger partial charge is 0.485 e. The van der Waals surface area contributed by atoms with Crippen LogP contribution in [-0.2, 0) is 12.8 Å². The Kier molecular flexibility index (Phi) is 6.46. The van der Waals surface area contributed by atoms with Gasteiger partial charge in [-0.3, -0.25) is 9.59 Å². The standard InChI is InChI=1S/C29H18F3N3O5S/c30-29(31,32)22-13-18(20-9-4-12-38-20)23-24(25(26(33)36)41-28(23)34-22)35-27(37)21-11-10-16(40-21)14-39-19-8-3-6-15-5-1-2-7-17(15)19/h1-13H,14H2,(H2,33,36)(H,35,37). The minimum absolute atomic E-state index is 0.0185. The number of nitrogens with two attached hydrogens (primary N) is 1. The number of anilines is 1. The molecule has 2 amide bonds. The normalized spacial score (nSPS) is 11.7. The number of nitrogens with zero attached hydrogens (tertiary/aromatic N) is 1. The second kappa shape index (κ2) is 10.1. The Morgan fingerprint density at radius 1 is 1.02 bits per heavy atom. The Morgan fingerprint density at radius 2 is 1.83 bits per heavy atom. The highest BCUT2D eigenvalue weighted by molar-refractivity contribution is 7.21. The molecule has 0 atom stereocenters. The van der Waals surface area contributed by atoms with Gasteiger partial charge in [0.05, 0.1) is 12.0 Å². The number of hydrogen-bond donors (Lipinski definition) is 2. The van der Waals surface area contributed by atoms with Crippen molar-refractivity contribution in [1.82, 2.24) is 4.98 Å². The van der Waals surface area contributed by atoms with Gasteiger partial charge in [0.2, 0.25) is 0 Å². The monoisotopic (exact) mass is 577 g/mol. The highest BCUT2D eigenvalue weighted by Gasteiger charge is 2.35. The number of fused-ring (bicyclic) bond motifs is 2. The number of carbonyl (C=O) groups excluding carboxylic acids is 2. The fraction of sp³-hybridized carbons (Fsp3) is 0.0690. The fourth-order valence-electron chi connectivity index (χ4n) is 4.39. The Labute approximate surface area is 233 Å². The number of pyridine rings is 1. The molecule has 2 aromatic carbocycles. The van der Waals surface area contributed by atoms with E-state index in [0.29, 0.717) is 22.8 Å². The van der Waals surface area contributed by atoms with Crippen LogP contribution in [0.4, 0.5) is 18.9 Å². The molecule has 0 spiro atoms. The van der Waals surface area contributed by atoms with Gasteiger partial charge in [-0.15, -0.1) is 11.3 Å². The maximum Gasteiger partial charge on any atom is 0.433 e. The number of amides is 2. The van der Waals surface area contributed by atoms with Crippen LogP contribution in [0.2, 0.25) is 0 Å². The van der Waals surface area contributed by atoms with Gasteiger partial charge in [0.15, 0.2) is 5.76 Å². The quantitative estimate of drug-likeness (QED) is 0.206. The third-order valence-electron chi connectivity index (χ3n) is 6.21. The smallest absolute Gasteiger partial charge is 0.433 e. The van der Waals surface area contributed by atoms with E-state index in [1.807, 2.05) is 42.5 Å². The molecule has 0 aliphatic heterocycles. The van der Waals surface area contributed by atoms with E-state index >= 15 is 0 Å². The number of rotatable bonds is 7. The zero-order chi connectivity index (χ0) is 28.7. The molecule has 0 bridgehead atoms. The third-order valence-corrected chi connectivity index (χ3v) is 7.30. The number of hydrogen-bond acceptors (Lipinski definition) is 7. The summed E-state index contributed by atoms with van der Waals surface area (Å²) >= 11 is 0.630. The molecular formula is C29H18F3N3O5S. The van der Waals surface area contributed by atoms with E-state index in [0.717, 1.165) is 16.8 Å². The molecule has 4 aromatic heterocycles. The van der Waals surface area contributed by atoms with Gasteiger partial charge in [-0.2, -0.15) is 13.2 Å². The summed E-state index contributed by atoms with van der Waals surface area (Å²) < 4.78 is 57.8. The zero-order valence-electron chi connectivity index (χ0n) is 20.8. The first-order valence-electron chi connectivity index (χ1n) is 12.1. The minimum atomic E-state index is -4.77. The second-order valence-corrected chi connectivity index (χ2v) is 9.87. The van der Waals surface area contributed by atoms with Gasteiger partial charge in [0, 0.05) is 16.3 Å². The van der Waals surface area contributed by atoms with Gasteiger partial charge in [0.1, 0.15) is 39.3 Å². The Bertz CT molecular complexity index is 1920. The molecule has 206 valence electrons. The van der Waals surface area contributed by atoms with E-state index in [9.17, 15) is 22.8 Å². The summed E-state index contributed by atoms with van der Waals surface area (Å²) in [5.41, 5.74) is 4.23. The number of thiophene rings is 1. The van der Waals surface area contributed by atoms with Crippen molar-refractivity contribution in [2.45, 2.75) is 12.8 Å². The third kappa shape index (κ3) is 5.00. The molecule has 4 heterocycles. The Hall–Kier alpha value is -5.10. The SMILES string of the molecule is NC(=O)c1sc2nc(C(F)(F)F)cc(-c3ccco3)c2c1NC(=O)c1ccc(COc2cccc3ccccc23)o1. The summed E-state index contributed by atoms with van der Waals surface area (Å²) in [5, 5.41) is 4.57. The van der Waals surface area contributed by atoms with Crippen molar-refractivity contribution in [2.75, 3.05) is 5.32 Å². The lowest BCUT2D eigenvalue weighted by Crippen LogP contribution is -2.16. The summed E-state index contributed by atoms with van der Waals surface area (Å²) in [6.45, 7) is 0.0297. The van der Waals surface area contributed by atoms with Crippen LogP contribution in [0, 0.1) is 0 Å². The summed E-state index contributed by atoms with van der Waals surface area (Å²) in [4.78, 5) is 28.8. The summed E-state index contributed by atoms with van der Waals surface area (Å²) in [7, 11) is 0. The van der Waals surface area contributed by atoms with Crippen molar-refractivity contribution in [1.29, 1.82) is 0 Å². The fourth-order valence-corrected chi connectivity index (χ4v) is 5.39. The molecule has 0 saturated heterocycles. The molecule has 0 aliphatic carbocycles.